The highest BCUT2D eigenvalue weighted by Crippen LogP contribution is 2.45. The monoisotopic (exact) mass is 356 g/mol. The molecular formula is C25H40O. The second-order valence-corrected chi connectivity index (χ2v) is 10.1. The average molecular weight is 357 g/mol. The molecule has 0 saturated heterocycles. The van der Waals surface area contributed by atoms with Gasteiger partial charge in [-0.1, -0.05) is 37.0 Å². The van der Waals surface area contributed by atoms with Gasteiger partial charge in [0.05, 0.1) is 6.10 Å². The molecule has 146 valence electrons. The first-order valence-corrected chi connectivity index (χ1v) is 11.7. The molecule has 3 saturated carbocycles. The zero-order valence-corrected chi connectivity index (χ0v) is 16.7. The van der Waals surface area contributed by atoms with Crippen molar-refractivity contribution in [3.63, 3.8) is 0 Å². The van der Waals surface area contributed by atoms with E-state index in [9.17, 15) is 5.11 Å². The molecule has 0 aromatic heterocycles. The third-order valence-electron chi connectivity index (χ3n) is 8.60. The molecule has 0 amide bonds. The van der Waals surface area contributed by atoms with Crippen LogP contribution in [0.3, 0.4) is 0 Å². The highest BCUT2D eigenvalue weighted by Gasteiger charge is 2.35. The topological polar surface area (TPSA) is 20.2 Å². The summed E-state index contributed by atoms with van der Waals surface area (Å²) in [7, 11) is 0. The molecule has 26 heavy (non-hydrogen) atoms. The molecule has 0 bridgehead atoms. The summed E-state index contributed by atoms with van der Waals surface area (Å²) in [5.41, 5.74) is 1.62. The quantitative estimate of drug-likeness (QED) is 0.545. The molecule has 1 nitrogen and oxygen atoms in total. The van der Waals surface area contributed by atoms with E-state index >= 15 is 0 Å². The Hall–Kier alpha value is -0.560. The highest BCUT2D eigenvalue weighted by atomic mass is 16.3. The van der Waals surface area contributed by atoms with E-state index in [0.717, 1.165) is 36.0 Å². The Morgan fingerprint density at radius 2 is 1.73 bits per heavy atom. The van der Waals surface area contributed by atoms with Crippen LogP contribution in [0.5, 0.6) is 0 Å². The summed E-state index contributed by atoms with van der Waals surface area (Å²) in [5, 5.41) is 10.8. The van der Waals surface area contributed by atoms with E-state index in [1.807, 2.05) is 0 Å². The predicted molar refractivity (Wildman–Crippen MR) is 110 cm³/mol. The summed E-state index contributed by atoms with van der Waals surface area (Å²) in [4.78, 5) is 0. The Balaban J connectivity index is 1.25. The molecule has 0 aromatic carbocycles. The lowest BCUT2D eigenvalue weighted by molar-refractivity contribution is 0.0462. The fourth-order valence-electron chi connectivity index (χ4n) is 6.57. The van der Waals surface area contributed by atoms with Crippen molar-refractivity contribution in [1.29, 1.82) is 0 Å². The van der Waals surface area contributed by atoms with Crippen LogP contribution in [-0.2, 0) is 0 Å². The molecular weight excluding hydrogens is 316 g/mol. The van der Waals surface area contributed by atoms with Gasteiger partial charge in [0.2, 0.25) is 0 Å². The van der Waals surface area contributed by atoms with Gasteiger partial charge in [0.25, 0.3) is 0 Å². The van der Waals surface area contributed by atoms with Gasteiger partial charge in [0, 0.05) is 5.92 Å². The summed E-state index contributed by atoms with van der Waals surface area (Å²) in [5.74, 6) is 4.94. The van der Waals surface area contributed by atoms with Crippen molar-refractivity contribution >= 4 is 0 Å². The second-order valence-electron chi connectivity index (χ2n) is 10.1. The first kappa shape index (κ1) is 18.8. The molecule has 0 spiro atoms. The number of hydrogen-bond acceptors (Lipinski definition) is 1. The van der Waals surface area contributed by atoms with Crippen LogP contribution in [0, 0.1) is 35.5 Å². The number of aliphatic hydroxyl groups excluding tert-OH is 1. The summed E-state index contributed by atoms with van der Waals surface area (Å²) in [6.07, 6.45) is 23.6. The van der Waals surface area contributed by atoms with E-state index in [0.29, 0.717) is 5.92 Å². The molecule has 1 heteroatoms. The molecule has 4 atom stereocenters. The maximum absolute atomic E-state index is 10.8. The standard InChI is InChI=1S/C25H40O/c1-2-18-6-9-21(10-7-18)22-11-13-23(14-12-22)24-15-8-20(17-25(24)26)16-19-4-3-5-19/h2,13,18-22,24-26H,1,3-12,14-17H2. The van der Waals surface area contributed by atoms with Crippen LogP contribution in [0.4, 0.5) is 0 Å². The predicted octanol–water partition coefficient (Wildman–Crippen LogP) is 6.67. The molecule has 4 aliphatic rings. The lowest BCUT2D eigenvalue weighted by Gasteiger charge is -2.40. The molecule has 1 N–H and O–H groups in total. The van der Waals surface area contributed by atoms with Crippen LogP contribution in [-0.4, -0.2) is 11.2 Å². The maximum Gasteiger partial charge on any atom is 0.0608 e. The fourth-order valence-corrected chi connectivity index (χ4v) is 6.57. The van der Waals surface area contributed by atoms with Crippen molar-refractivity contribution in [3.8, 4) is 0 Å². The SMILES string of the molecule is C=CC1CCC(C2CC=C(C3CCC(CC4CCC4)CC3O)CC2)CC1. The van der Waals surface area contributed by atoms with E-state index in [-0.39, 0.29) is 6.10 Å². The summed E-state index contributed by atoms with van der Waals surface area (Å²) < 4.78 is 0. The highest BCUT2D eigenvalue weighted by molar-refractivity contribution is 5.14. The van der Waals surface area contributed by atoms with Crippen molar-refractivity contribution in [1.82, 2.24) is 0 Å². The Labute approximate surface area is 161 Å². The average Bonchev–Trinajstić information content (AvgIpc) is 2.65. The second kappa shape index (κ2) is 8.63. The zero-order chi connectivity index (χ0) is 17.9. The summed E-state index contributed by atoms with van der Waals surface area (Å²) in [6, 6.07) is 0. The molecule has 3 fully saturated rings. The number of aliphatic hydroxyl groups is 1. The van der Waals surface area contributed by atoms with Crippen molar-refractivity contribution < 1.29 is 5.11 Å². The smallest absolute Gasteiger partial charge is 0.0608 e. The van der Waals surface area contributed by atoms with Gasteiger partial charge in [-0.2, -0.15) is 0 Å². The zero-order valence-electron chi connectivity index (χ0n) is 16.7. The van der Waals surface area contributed by atoms with Gasteiger partial charge in [0.1, 0.15) is 0 Å². The molecule has 0 heterocycles. The largest absolute Gasteiger partial charge is 0.392 e. The van der Waals surface area contributed by atoms with Crippen LogP contribution in [0.1, 0.15) is 89.9 Å². The van der Waals surface area contributed by atoms with Crippen LogP contribution < -0.4 is 0 Å². The minimum Gasteiger partial charge on any atom is -0.392 e. The molecule has 0 aromatic rings. The van der Waals surface area contributed by atoms with E-state index in [1.165, 1.54) is 83.5 Å². The van der Waals surface area contributed by atoms with E-state index in [2.05, 4.69) is 18.7 Å². The van der Waals surface area contributed by atoms with Gasteiger partial charge in [-0.15, -0.1) is 6.58 Å². The first-order valence-electron chi connectivity index (χ1n) is 11.7. The third kappa shape index (κ3) is 4.29. The molecule has 0 aliphatic heterocycles. The number of hydrogen-bond donors (Lipinski definition) is 1. The fraction of sp³-hybridized carbons (Fsp3) is 0.840. The van der Waals surface area contributed by atoms with Crippen LogP contribution in [0.25, 0.3) is 0 Å². The van der Waals surface area contributed by atoms with Gasteiger partial charge in [-0.25, -0.2) is 0 Å². The third-order valence-corrected chi connectivity index (χ3v) is 8.60. The van der Waals surface area contributed by atoms with Crippen LogP contribution in [0.15, 0.2) is 24.3 Å². The van der Waals surface area contributed by atoms with Crippen LogP contribution >= 0.6 is 0 Å². The molecule has 4 unspecified atom stereocenters. The maximum atomic E-state index is 10.8. The lowest BCUT2D eigenvalue weighted by Crippen LogP contribution is -2.33. The number of rotatable bonds is 5. The van der Waals surface area contributed by atoms with Gasteiger partial charge in [-0.05, 0) is 100 Å². The Kier molecular flexibility index (Phi) is 6.24. The molecule has 4 aliphatic carbocycles. The van der Waals surface area contributed by atoms with Crippen molar-refractivity contribution in [3.05, 3.63) is 24.3 Å². The first-order chi connectivity index (χ1) is 12.7. The minimum atomic E-state index is -0.0559. The van der Waals surface area contributed by atoms with Crippen molar-refractivity contribution in [2.75, 3.05) is 0 Å². The van der Waals surface area contributed by atoms with Gasteiger partial charge >= 0.3 is 0 Å². The number of allylic oxidation sites excluding steroid dienone is 2. The summed E-state index contributed by atoms with van der Waals surface area (Å²) in [6.45, 7) is 3.99. The minimum absolute atomic E-state index is 0.0559. The van der Waals surface area contributed by atoms with Gasteiger partial charge in [0.15, 0.2) is 0 Å². The van der Waals surface area contributed by atoms with Crippen molar-refractivity contribution in [2.24, 2.45) is 35.5 Å². The Morgan fingerprint density at radius 3 is 2.31 bits per heavy atom. The lowest BCUT2D eigenvalue weighted by atomic mass is 9.67. The van der Waals surface area contributed by atoms with E-state index in [4.69, 9.17) is 0 Å². The molecule has 4 rings (SSSR count). The Bertz CT molecular complexity index is 494. The molecule has 0 radical (unpaired) electrons. The van der Waals surface area contributed by atoms with Crippen molar-refractivity contribution in [2.45, 2.75) is 96.0 Å². The summed E-state index contributed by atoms with van der Waals surface area (Å²) >= 11 is 0. The normalized spacial score (nSPS) is 42.0. The Morgan fingerprint density at radius 1 is 0.923 bits per heavy atom. The van der Waals surface area contributed by atoms with Gasteiger partial charge < -0.3 is 5.11 Å². The van der Waals surface area contributed by atoms with E-state index in [1.54, 1.807) is 5.57 Å². The van der Waals surface area contributed by atoms with E-state index < -0.39 is 0 Å². The van der Waals surface area contributed by atoms with Crippen LogP contribution in [0.2, 0.25) is 0 Å². The van der Waals surface area contributed by atoms with Gasteiger partial charge in [-0.3, -0.25) is 0 Å².